The van der Waals surface area contributed by atoms with Crippen molar-refractivity contribution >= 4 is 0 Å². The second-order valence-electron chi connectivity index (χ2n) is 3.27. The third-order valence-electron chi connectivity index (χ3n) is 2.15. The minimum Gasteiger partial charge on any atom is -0.381 e. The Morgan fingerprint density at radius 2 is 2.55 bits per heavy atom. The average molecular weight is 159 g/mol. The van der Waals surface area contributed by atoms with E-state index < -0.39 is 0 Å². The van der Waals surface area contributed by atoms with Crippen molar-refractivity contribution in [1.29, 1.82) is 0 Å². The summed E-state index contributed by atoms with van der Waals surface area (Å²) in [7, 11) is 0. The zero-order chi connectivity index (χ0) is 8.10. The summed E-state index contributed by atoms with van der Waals surface area (Å²) in [5.74, 6) is 5.70. The van der Waals surface area contributed by atoms with E-state index in [0.717, 1.165) is 19.6 Å². The highest BCUT2D eigenvalue weighted by Crippen LogP contribution is 2.19. The van der Waals surface area contributed by atoms with Crippen molar-refractivity contribution in [3.05, 3.63) is 0 Å². The third kappa shape index (κ3) is 3.18. The summed E-state index contributed by atoms with van der Waals surface area (Å²) in [5, 5.41) is 0. The maximum absolute atomic E-state index is 5.33. The highest BCUT2D eigenvalue weighted by molar-refractivity contribution is 4.65. The number of hydrogen-bond acceptors (Lipinski definition) is 3. The van der Waals surface area contributed by atoms with Gasteiger partial charge >= 0.3 is 0 Å². The van der Waals surface area contributed by atoms with Gasteiger partial charge in [0.1, 0.15) is 0 Å². The molecule has 0 bridgehead atoms. The highest BCUT2D eigenvalue weighted by Gasteiger charge is 2.16. The second-order valence-corrected chi connectivity index (χ2v) is 3.27. The molecule has 2 unspecified atom stereocenters. The Balaban J connectivity index is 2.13. The Bertz CT molecular complexity index is 102. The summed E-state index contributed by atoms with van der Waals surface area (Å²) < 4.78 is 5.33. The molecule has 3 heteroatoms. The minimum atomic E-state index is 0.168. The predicted molar refractivity (Wildman–Crippen MR) is 42.9 cm³/mol. The Hall–Kier alpha value is -0.120. The molecule has 2 atom stereocenters. The van der Waals surface area contributed by atoms with Crippen LogP contribution in [0.25, 0.3) is 0 Å². The van der Waals surface area contributed by atoms with Gasteiger partial charge in [-0.2, -0.15) is 0 Å². The molecule has 1 rings (SSSR count). The summed E-state index contributed by atoms with van der Waals surface area (Å²) in [5.41, 5.74) is 0. The van der Waals surface area contributed by atoms with Gasteiger partial charge in [-0.25, -0.2) is 5.90 Å². The van der Waals surface area contributed by atoms with Crippen LogP contribution in [0.15, 0.2) is 0 Å². The van der Waals surface area contributed by atoms with Gasteiger partial charge in [-0.1, -0.05) is 0 Å². The number of rotatable bonds is 3. The van der Waals surface area contributed by atoms with E-state index in [1.807, 2.05) is 6.92 Å². The fourth-order valence-electron chi connectivity index (χ4n) is 1.52. The number of nitrogens with two attached hydrogens (primary N) is 1. The topological polar surface area (TPSA) is 44.5 Å². The van der Waals surface area contributed by atoms with Crippen LogP contribution in [-0.4, -0.2) is 19.3 Å². The van der Waals surface area contributed by atoms with Crippen molar-refractivity contribution < 1.29 is 9.57 Å². The van der Waals surface area contributed by atoms with Crippen LogP contribution in [0.5, 0.6) is 0 Å². The summed E-state index contributed by atoms with van der Waals surface area (Å²) in [6.45, 7) is 3.80. The lowest BCUT2D eigenvalue weighted by molar-refractivity contribution is 0.00523. The van der Waals surface area contributed by atoms with E-state index in [9.17, 15) is 0 Å². The van der Waals surface area contributed by atoms with Crippen molar-refractivity contribution in [3.63, 3.8) is 0 Å². The first-order valence-electron chi connectivity index (χ1n) is 4.26. The molecule has 0 saturated carbocycles. The smallest absolute Gasteiger partial charge is 0.0762 e. The molecule has 2 N–H and O–H groups in total. The van der Waals surface area contributed by atoms with Gasteiger partial charge in [0.25, 0.3) is 0 Å². The first-order chi connectivity index (χ1) is 5.33. The first kappa shape index (κ1) is 8.97. The van der Waals surface area contributed by atoms with E-state index in [1.165, 1.54) is 12.8 Å². The van der Waals surface area contributed by atoms with Gasteiger partial charge in [0.05, 0.1) is 6.10 Å². The maximum atomic E-state index is 5.33. The summed E-state index contributed by atoms with van der Waals surface area (Å²) >= 11 is 0. The number of hydrogen-bond donors (Lipinski definition) is 1. The first-order valence-corrected chi connectivity index (χ1v) is 4.26. The minimum absolute atomic E-state index is 0.168. The maximum Gasteiger partial charge on any atom is 0.0762 e. The van der Waals surface area contributed by atoms with E-state index in [4.69, 9.17) is 15.5 Å². The van der Waals surface area contributed by atoms with Crippen LogP contribution in [0.3, 0.4) is 0 Å². The van der Waals surface area contributed by atoms with E-state index in [0.29, 0.717) is 5.92 Å². The fourth-order valence-corrected chi connectivity index (χ4v) is 1.52. The summed E-state index contributed by atoms with van der Waals surface area (Å²) in [4.78, 5) is 4.70. The van der Waals surface area contributed by atoms with Crippen LogP contribution in [0.1, 0.15) is 26.2 Å². The molecule has 0 aliphatic carbocycles. The Morgan fingerprint density at radius 3 is 3.09 bits per heavy atom. The molecule has 0 aromatic heterocycles. The van der Waals surface area contributed by atoms with Crippen molar-refractivity contribution in [1.82, 2.24) is 0 Å². The molecule has 1 heterocycles. The van der Waals surface area contributed by atoms with Gasteiger partial charge in [0.15, 0.2) is 0 Å². The average Bonchev–Trinajstić information content (AvgIpc) is 2.06. The van der Waals surface area contributed by atoms with Crippen LogP contribution >= 0.6 is 0 Å². The Labute approximate surface area is 67.8 Å². The molecular weight excluding hydrogens is 142 g/mol. The normalized spacial score (nSPS) is 28.4. The molecule has 11 heavy (non-hydrogen) atoms. The number of ether oxygens (including phenoxy) is 1. The predicted octanol–water partition coefficient (Wildman–Crippen LogP) is 1.08. The van der Waals surface area contributed by atoms with E-state index in [2.05, 4.69) is 0 Å². The largest absolute Gasteiger partial charge is 0.381 e. The molecule has 1 saturated heterocycles. The van der Waals surface area contributed by atoms with Crippen LogP contribution in [0.2, 0.25) is 0 Å². The molecule has 0 spiro atoms. The molecule has 0 aromatic rings. The zero-order valence-electron chi connectivity index (χ0n) is 7.08. The molecule has 1 aliphatic heterocycles. The zero-order valence-corrected chi connectivity index (χ0v) is 7.08. The van der Waals surface area contributed by atoms with Crippen LogP contribution < -0.4 is 5.90 Å². The molecule has 0 aromatic carbocycles. The summed E-state index contributed by atoms with van der Waals surface area (Å²) in [6.07, 6.45) is 3.63. The van der Waals surface area contributed by atoms with Crippen LogP contribution in [0, 0.1) is 5.92 Å². The van der Waals surface area contributed by atoms with Gasteiger partial charge in [0.2, 0.25) is 0 Å². The molecule has 66 valence electrons. The highest BCUT2D eigenvalue weighted by atomic mass is 16.6. The van der Waals surface area contributed by atoms with Gasteiger partial charge in [-0.3, -0.25) is 0 Å². The third-order valence-corrected chi connectivity index (χ3v) is 2.15. The SMILES string of the molecule is CC(CC1CCCOC1)ON. The molecular formula is C8H17NO2. The lowest BCUT2D eigenvalue weighted by Crippen LogP contribution is -2.24. The van der Waals surface area contributed by atoms with Crippen LogP contribution in [-0.2, 0) is 9.57 Å². The molecule has 0 amide bonds. The van der Waals surface area contributed by atoms with Crippen molar-refractivity contribution in [3.8, 4) is 0 Å². The van der Waals surface area contributed by atoms with E-state index in [-0.39, 0.29) is 6.10 Å². The van der Waals surface area contributed by atoms with Crippen LogP contribution in [0.4, 0.5) is 0 Å². The standard InChI is InChI=1S/C8H17NO2/c1-7(11-9)5-8-3-2-4-10-6-8/h7-8H,2-6,9H2,1H3. The van der Waals surface area contributed by atoms with Crippen molar-refractivity contribution in [2.75, 3.05) is 13.2 Å². The molecule has 0 radical (unpaired) electrons. The Kier molecular flexibility index (Phi) is 3.83. The van der Waals surface area contributed by atoms with Gasteiger partial charge in [0, 0.05) is 13.2 Å². The molecule has 1 aliphatic rings. The Morgan fingerprint density at radius 1 is 1.73 bits per heavy atom. The molecule has 1 fully saturated rings. The fraction of sp³-hybridized carbons (Fsp3) is 1.00. The lowest BCUT2D eigenvalue weighted by Gasteiger charge is -2.23. The lowest BCUT2D eigenvalue weighted by atomic mass is 9.96. The van der Waals surface area contributed by atoms with E-state index >= 15 is 0 Å². The van der Waals surface area contributed by atoms with Crippen molar-refractivity contribution in [2.45, 2.75) is 32.3 Å². The quantitative estimate of drug-likeness (QED) is 0.627. The van der Waals surface area contributed by atoms with E-state index in [1.54, 1.807) is 0 Å². The monoisotopic (exact) mass is 159 g/mol. The van der Waals surface area contributed by atoms with Gasteiger partial charge in [-0.05, 0) is 32.1 Å². The summed E-state index contributed by atoms with van der Waals surface area (Å²) in [6, 6.07) is 0. The second kappa shape index (κ2) is 4.70. The van der Waals surface area contributed by atoms with Gasteiger partial charge in [-0.15, -0.1) is 0 Å². The molecule has 3 nitrogen and oxygen atoms in total. The van der Waals surface area contributed by atoms with Crippen molar-refractivity contribution in [2.24, 2.45) is 11.8 Å². The van der Waals surface area contributed by atoms with Gasteiger partial charge < -0.3 is 9.57 Å².